The summed E-state index contributed by atoms with van der Waals surface area (Å²) < 4.78 is 27.3. The molecule has 1 heterocycles. The molecule has 2 fully saturated rings. The Morgan fingerprint density at radius 3 is 2.62 bits per heavy atom. The van der Waals surface area contributed by atoms with Crippen LogP contribution in [0.15, 0.2) is 29.2 Å². The quantitative estimate of drug-likeness (QED) is 0.907. The second-order valence-electron chi connectivity index (χ2n) is 6.20. The van der Waals surface area contributed by atoms with Crippen LogP contribution in [0.4, 0.5) is 0 Å². The highest BCUT2D eigenvalue weighted by Crippen LogP contribution is 2.39. The molecule has 1 N–H and O–H groups in total. The summed E-state index contributed by atoms with van der Waals surface area (Å²) in [6.45, 7) is 5.07. The molecule has 0 aromatic heterocycles. The molecule has 2 aliphatic rings. The molecule has 1 aromatic carbocycles. The lowest BCUT2D eigenvalue weighted by atomic mass is 10.0. The van der Waals surface area contributed by atoms with Crippen LogP contribution >= 0.6 is 0 Å². The molecule has 2 atom stereocenters. The summed E-state index contributed by atoms with van der Waals surface area (Å²) in [6, 6.07) is 7.35. The largest absolute Gasteiger partial charge is 0.313 e. The lowest BCUT2D eigenvalue weighted by Gasteiger charge is -2.18. The third kappa shape index (κ3) is 3.00. The van der Waals surface area contributed by atoms with Crippen molar-refractivity contribution in [2.24, 2.45) is 11.8 Å². The topological polar surface area (TPSA) is 49.4 Å². The molecule has 1 aromatic rings. The maximum Gasteiger partial charge on any atom is 0.243 e. The van der Waals surface area contributed by atoms with E-state index in [2.05, 4.69) is 5.32 Å². The summed E-state index contributed by atoms with van der Waals surface area (Å²) in [6.07, 6.45) is 3.65. The first kappa shape index (κ1) is 15.0. The van der Waals surface area contributed by atoms with E-state index < -0.39 is 10.0 Å². The molecule has 0 spiro atoms. The van der Waals surface area contributed by atoms with E-state index in [9.17, 15) is 8.42 Å². The van der Waals surface area contributed by atoms with Gasteiger partial charge >= 0.3 is 0 Å². The molecular weight excluding hydrogens is 284 g/mol. The second-order valence-corrected chi connectivity index (χ2v) is 8.14. The Balaban J connectivity index is 1.78. The fraction of sp³-hybridized carbons (Fsp3) is 0.625. The Morgan fingerprint density at radius 2 is 1.95 bits per heavy atom. The van der Waals surface area contributed by atoms with E-state index in [1.165, 1.54) is 19.3 Å². The van der Waals surface area contributed by atoms with Crippen molar-refractivity contribution in [3.8, 4) is 0 Å². The minimum Gasteiger partial charge on any atom is -0.313 e. The molecule has 5 heteroatoms. The molecule has 1 aliphatic carbocycles. The molecule has 0 radical (unpaired) electrons. The zero-order chi connectivity index (χ0) is 14.9. The van der Waals surface area contributed by atoms with Crippen molar-refractivity contribution >= 4 is 10.0 Å². The van der Waals surface area contributed by atoms with Crippen molar-refractivity contribution < 1.29 is 8.42 Å². The maximum atomic E-state index is 12.8. The van der Waals surface area contributed by atoms with Crippen LogP contribution in [0.2, 0.25) is 0 Å². The molecule has 21 heavy (non-hydrogen) atoms. The number of benzene rings is 1. The highest BCUT2D eigenvalue weighted by Gasteiger charge is 2.41. The minimum atomic E-state index is -3.32. The lowest BCUT2D eigenvalue weighted by Crippen LogP contribution is -2.29. The summed E-state index contributed by atoms with van der Waals surface area (Å²) in [5.74, 6) is 1.18. The third-order valence-corrected chi connectivity index (χ3v) is 6.64. The summed E-state index contributed by atoms with van der Waals surface area (Å²) in [5, 5.41) is 3.24. The first-order chi connectivity index (χ1) is 10.1. The molecule has 1 aliphatic heterocycles. The van der Waals surface area contributed by atoms with Gasteiger partial charge in [0.25, 0.3) is 0 Å². The van der Waals surface area contributed by atoms with Crippen LogP contribution in [-0.4, -0.2) is 32.4 Å². The monoisotopic (exact) mass is 308 g/mol. The van der Waals surface area contributed by atoms with Gasteiger partial charge in [-0.2, -0.15) is 4.31 Å². The SMILES string of the molecule is CCNCc1cccc(S(=O)(=O)N2CC3CCCC3C2)c1. The molecule has 1 saturated carbocycles. The van der Waals surface area contributed by atoms with E-state index in [-0.39, 0.29) is 0 Å². The highest BCUT2D eigenvalue weighted by atomic mass is 32.2. The molecular formula is C16H24N2O2S. The van der Waals surface area contributed by atoms with Crippen LogP contribution in [0.5, 0.6) is 0 Å². The van der Waals surface area contributed by atoms with E-state index >= 15 is 0 Å². The molecule has 116 valence electrons. The van der Waals surface area contributed by atoms with Crippen molar-refractivity contribution in [1.29, 1.82) is 0 Å². The van der Waals surface area contributed by atoms with Crippen LogP contribution in [0.3, 0.4) is 0 Å². The van der Waals surface area contributed by atoms with Crippen LogP contribution in [0.1, 0.15) is 31.7 Å². The zero-order valence-corrected chi connectivity index (χ0v) is 13.4. The fourth-order valence-corrected chi connectivity index (χ4v) is 5.25. The molecule has 1 saturated heterocycles. The van der Waals surface area contributed by atoms with Gasteiger partial charge in [0.05, 0.1) is 4.90 Å². The number of hydrogen-bond acceptors (Lipinski definition) is 3. The number of fused-ring (bicyclic) bond motifs is 1. The Bertz CT molecular complexity index is 588. The van der Waals surface area contributed by atoms with E-state index in [1.54, 1.807) is 10.4 Å². The van der Waals surface area contributed by atoms with Gasteiger partial charge in [-0.05, 0) is 48.9 Å². The lowest BCUT2D eigenvalue weighted by molar-refractivity contribution is 0.445. The van der Waals surface area contributed by atoms with E-state index in [0.29, 0.717) is 36.4 Å². The van der Waals surface area contributed by atoms with Crippen molar-refractivity contribution in [2.75, 3.05) is 19.6 Å². The minimum absolute atomic E-state index is 0.442. The first-order valence-corrected chi connectivity index (χ1v) is 9.35. The van der Waals surface area contributed by atoms with Gasteiger partial charge in [0, 0.05) is 19.6 Å². The predicted octanol–water partition coefficient (Wildman–Crippen LogP) is 2.22. The Hall–Kier alpha value is -0.910. The number of sulfonamides is 1. The second kappa shape index (κ2) is 6.07. The molecule has 0 bridgehead atoms. The van der Waals surface area contributed by atoms with Crippen LogP contribution < -0.4 is 5.32 Å². The van der Waals surface area contributed by atoms with Gasteiger partial charge in [0.15, 0.2) is 0 Å². The van der Waals surface area contributed by atoms with Crippen LogP contribution in [0, 0.1) is 11.8 Å². The van der Waals surface area contributed by atoms with Crippen molar-refractivity contribution in [2.45, 2.75) is 37.6 Å². The van der Waals surface area contributed by atoms with Gasteiger partial charge in [-0.1, -0.05) is 25.5 Å². The Labute approximate surface area is 127 Å². The van der Waals surface area contributed by atoms with Crippen molar-refractivity contribution in [1.82, 2.24) is 9.62 Å². The average Bonchev–Trinajstić information content (AvgIpc) is 3.07. The summed E-state index contributed by atoms with van der Waals surface area (Å²) in [4.78, 5) is 0.442. The highest BCUT2D eigenvalue weighted by molar-refractivity contribution is 7.89. The summed E-state index contributed by atoms with van der Waals surface area (Å²) in [5.41, 5.74) is 1.03. The fourth-order valence-electron chi connectivity index (χ4n) is 3.62. The first-order valence-electron chi connectivity index (χ1n) is 7.91. The number of rotatable bonds is 5. The van der Waals surface area contributed by atoms with Crippen LogP contribution in [0.25, 0.3) is 0 Å². The molecule has 4 nitrogen and oxygen atoms in total. The van der Waals surface area contributed by atoms with Gasteiger partial charge in [-0.3, -0.25) is 0 Å². The van der Waals surface area contributed by atoms with E-state index in [4.69, 9.17) is 0 Å². The Kier molecular flexibility index (Phi) is 4.33. The standard InChI is InChI=1S/C16H24N2O2S/c1-2-17-10-13-5-3-8-16(9-13)21(19,20)18-11-14-6-4-7-15(14)12-18/h3,5,8-9,14-15,17H,2,4,6-7,10-12H2,1H3. The van der Waals surface area contributed by atoms with Crippen molar-refractivity contribution in [3.05, 3.63) is 29.8 Å². The predicted molar refractivity (Wildman–Crippen MR) is 83.4 cm³/mol. The van der Waals surface area contributed by atoms with Crippen molar-refractivity contribution in [3.63, 3.8) is 0 Å². The van der Waals surface area contributed by atoms with Gasteiger partial charge < -0.3 is 5.32 Å². The number of hydrogen-bond donors (Lipinski definition) is 1. The molecule has 2 unspecified atom stereocenters. The summed E-state index contributed by atoms with van der Waals surface area (Å²) >= 11 is 0. The summed E-state index contributed by atoms with van der Waals surface area (Å²) in [7, 11) is -3.32. The zero-order valence-electron chi connectivity index (χ0n) is 12.6. The Morgan fingerprint density at radius 1 is 1.24 bits per heavy atom. The smallest absolute Gasteiger partial charge is 0.243 e. The van der Waals surface area contributed by atoms with Gasteiger partial charge in [-0.15, -0.1) is 0 Å². The van der Waals surface area contributed by atoms with Gasteiger partial charge in [0.2, 0.25) is 10.0 Å². The van der Waals surface area contributed by atoms with Gasteiger partial charge in [0.1, 0.15) is 0 Å². The third-order valence-electron chi connectivity index (χ3n) is 4.81. The van der Waals surface area contributed by atoms with E-state index in [1.807, 2.05) is 25.1 Å². The average molecular weight is 308 g/mol. The maximum absolute atomic E-state index is 12.8. The van der Waals surface area contributed by atoms with E-state index in [0.717, 1.165) is 12.1 Å². The van der Waals surface area contributed by atoms with Crippen LogP contribution in [-0.2, 0) is 16.6 Å². The number of nitrogens with zero attached hydrogens (tertiary/aromatic N) is 1. The normalized spacial score (nSPS) is 26.1. The van der Waals surface area contributed by atoms with Gasteiger partial charge in [-0.25, -0.2) is 8.42 Å². The molecule has 0 amide bonds. The molecule has 3 rings (SSSR count). The number of nitrogens with one attached hydrogen (secondary N) is 1.